The van der Waals surface area contributed by atoms with E-state index < -0.39 is 24.3 Å². The van der Waals surface area contributed by atoms with Crippen LogP contribution in [-0.4, -0.2) is 73.4 Å². The molecule has 0 spiro atoms. The maximum absolute atomic E-state index is 13.9. The predicted octanol–water partition coefficient (Wildman–Crippen LogP) is 9.30. The average Bonchev–Trinajstić information content (AvgIpc) is 4.07. The first-order valence-electron chi connectivity index (χ1n) is 21.4. The number of hydrogen-bond acceptors (Lipinski definition) is 7. The van der Waals surface area contributed by atoms with E-state index in [9.17, 15) is 19.2 Å². The van der Waals surface area contributed by atoms with Crippen molar-refractivity contribution in [2.45, 2.75) is 116 Å². The van der Waals surface area contributed by atoms with Crippen molar-refractivity contribution >= 4 is 40.7 Å². The molecule has 5 aliphatic rings. The summed E-state index contributed by atoms with van der Waals surface area (Å²) in [6.45, 7) is 8.54. The highest BCUT2D eigenvalue weighted by Crippen LogP contribution is 2.50. The van der Waals surface area contributed by atoms with Crippen molar-refractivity contribution in [1.29, 1.82) is 0 Å². The SMILES string of the molecule is COC(=O)NC(C(=O)C1CCCCC1C1=NC=C(c2ccc(-c3ccc(C4=C5CCCC5=C([C@@H]5CCCN5C(=O)[C@@H](NC(=O)OC)C(C)C)C4)cc3)cc2)C1)C(C)C. The highest BCUT2D eigenvalue weighted by Gasteiger charge is 2.42. The third-order valence-electron chi connectivity index (χ3n) is 13.2. The van der Waals surface area contributed by atoms with E-state index in [2.05, 4.69) is 59.2 Å². The zero-order valence-corrected chi connectivity index (χ0v) is 35.1. The smallest absolute Gasteiger partial charge is 0.407 e. The van der Waals surface area contributed by atoms with Crippen molar-refractivity contribution in [3.05, 3.63) is 82.6 Å². The van der Waals surface area contributed by atoms with Crippen LogP contribution >= 0.6 is 0 Å². The monoisotopic (exact) mass is 788 g/mol. The number of nitrogens with zero attached hydrogens (tertiary/aromatic N) is 2. The number of carbonyl (C=O) groups excluding carboxylic acids is 4. The standard InChI is InChI=1S/C48H60N4O6/c1-28(2)43(50-47(55)57-5)45(53)38-12-8-7-11-37(38)41-25-34(27-49-41)32-18-16-30(17-19-32)31-20-22-33(23-21-31)39-26-40(36-14-9-13-35(36)39)42-15-10-24-52(42)46(54)44(29(3)4)51-48(56)58-6/h16-23,27-29,37-38,42-44H,7-15,24-26H2,1-6H3,(H,50,55)(H,51,56)/t37?,38?,42-,43?,44-/m0/s1. The second-order valence-corrected chi connectivity index (χ2v) is 17.4. The van der Waals surface area contributed by atoms with Crippen LogP contribution in [0.1, 0.15) is 109 Å². The Morgan fingerprint density at radius 3 is 1.90 bits per heavy atom. The van der Waals surface area contributed by atoms with Crippen LogP contribution in [0.3, 0.4) is 0 Å². The molecule has 2 heterocycles. The van der Waals surface area contributed by atoms with Crippen molar-refractivity contribution in [1.82, 2.24) is 15.5 Å². The summed E-state index contributed by atoms with van der Waals surface area (Å²) >= 11 is 0. The number of aliphatic imine (C=N–C) groups is 1. The van der Waals surface area contributed by atoms with Crippen molar-refractivity contribution in [3.8, 4) is 11.1 Å². The van der Waals surface area contributed by atoms with Crippen LogP contribution in [0.5, 0.6) is 0 Å². The molecule has 3 fully saturated rings. The fourth-order valence-corrected chi connectivity index (χ4v) is 10.1. The lowest BCUT2D eigenvalue weighted by Crippen LogP contribution is -2.52. The number of ketones is 1. The number of methoxy groups -OCH3 is 2. The normalized spacial score (nSPS) is 22.8. The molecule has 3 amide bonds. The molecule has 58 heavy (non-hydrogen) atoms. The molecule has 10 nitrogen and oxygen atoms in total. The summed E-state index contributed by atoms with van der Waals surface area (Å²) in [5.74, 6) is -0.124. The molecular weight excluding hydrogens is 729 g/mol. The van der Waals surface area contributed by atoms with Crippen LogP contribution in [0, 0.1) is 23.7 Å². The quantitative estimate of drug-likeness (QED) is 0.221. The van der Waals surface area contributed by atoms with E-state index in [1.807, 2.05) is 38.8 Å². The summed E-state index contributed by atoms with van der Waals surface area (Å²) in [5.41, 5.74) is 12.6. The van der Waals surface area contributed by atoms with E-state index in [0.29, 0.717) is 6.54 Å². The molecule has 1 saturated heterocycles. The number of hydrogen-bond donors (Lipinski definition) is 2. The van der Waals surface area contributed by atoms with E-state index >= 15 is 0 Å². The van der Waals surface area contributed by atoms with Crippen LogP contribution in [0.15, 0.2) is 76.4 Å². The van der Waals surface area contributed by atoms with Crippen LogP contribution < -0.4 is 10.6 Å². The van der Waals surface area contributed by atoms with Gasteiger partial charge >= 0.3 is 12.2 Å². The number of amides is 3. The molecule has 2 aliphatic heterocycles. The van der Waals surface area contributed by atoms with Gasteiger partial charge in [-0.05, 0) is 113 Å². The molecule has 3 unspecified atom stereocenters. The Hall–Kier alpha value is -4.99. The second-order valence-electron chi connectivity index (χ2n) is 17.4. The van der Waals surface area contributed by atoms with Crippen molar-refractivity contribution in [2.24, 2.45) is 28.7 Å². The van der Waals surface area contributed by atoms with Gasteiger partial charge in [-0.25, -0.2) is 9.59 Å². The zero-order valence-electron chi connectivity index (χ0n) is 35.1. The maximum Gasteiger partial charge on any atom is 0.407 e. The van der Waals surface area contributed by atoms with Gasteiger partial charge in [-0.3, -0.25) is 14.6 Å². The zero-order chi connectivity index (χ0) is 41.1. The lowest BCUT2D eigenvalue weighted by Gasteiger charge is -2.34. The van der Waals surface area contributed by atoms with Gasteiger partial charge in [0.15, 0.2) is 5.78 Å². The molecule has 5 atom stereocenters. The summed E-state index contributed by atoms with van der Waals surface area (Å²) in [6, 6.07) is 16.5. The average molecular weight is 789 g/mol. The number of ether oxygens (including phenoxy) is 2. The molecule has 2 aromatic rings. The molecule has 3 aliphatic carbocycles. The Kier molecular flexibility index (Phi) is 12.7. The molecular formula is C48H60N4O6. The van der Waals surface area contributed by atoms with E-state index in [4.69, 9.17) is 14.5 Å². The lowest BCUT2D eigenvalue weighted by atomic mass is 9.71. The van der Waals surface area contributed by atoms with E-state index in [1.165, 1.54) is 42.1 Å². The van der Waals surface area contributed by atoms with Crippen LogP contribution in [0.25, 0.3) is 22.3 Å². The van der Waals surface area contributed by atoms with Gasteiger partial charge in [0.25, 0.3) is 0 Å². The highest BCUT2D eigenvalue weighted by molar-refractivity contribution is 6.03. The van der Waals surface area contributed by atoms with Crippen LogP contribution in [0.2, 0.25) is 0 Å². The number of fused-ring (bicyclic) bond motifs is 1. The molecule has 308 valence electrons. The first-order chi connectivity index (χ1) is 28.0. The van der Waals surface area contributed by atoms with Crippen molar-refractivity contribution in [3.63, 3.8) is 0 Å². The number of likely N-dealkylation sites (tertiary alicyclic amines) is 1. The molecule has 7 rings (SSSR count). The molecule has 0 bridgehead atoms. The fourth-order valence-electron chi connectivity index (χ4n) is 10.1. The summed E-state index contributed by atoms with van der Waals surface area (Å²) in [6.07, 6.45) is 11.4. The Morgan fingerprint density at radius 2 is 1.26 bits per heavy atom. The number of rotatable bonds is 12. The Labute approximate surface area is 343 Å². The summed E-state index contributed by atoms with van der Waals surface area (Å²) < 4.78 is 9.67. The van der Waals surface area contributed by atoms with Crippen molar-refractivity contribution < 1.29 is 28.7 Å². The Bertz CT molecular complexity index is 2020. The van der Waals surface area contributed by atoms with Gasteiger partial charge in [0.1, 0.15) is 6.04 Å². The summed E-state index contributed by atoms with van der Waals surface area (Å²) in [7, 11) is 2.66. The van der Waals surface area contributed by atoms with E-state index in [1.54, 1.807) is 0 Å². The van der Waals surface area contributed by atoms with Crippen LogP contribution in [-0.2, 0) is 19.1 Å². The van der Waals surface area contributed by atoms with E-state index in [-0.39, 0.29) is 41.4 Å². The van der Waals surface area contributed by atoms with Gasteiger partial charge < -0.3 is 25.0 Å². The number of nitrogens with one attached hydrogen (secondary N) is 2. The lowest BCUT2D eigenvalue weighted by molar-refractivity contribution is -0.134. The van der Waals surface area contributed by atoms with Gasteiger partial charge in [0.2, 0.25) is 5.91 Å². The predicted molar refractivity (Wildman–Crippen MR) is 228 cm³/mol. The summed E-state index contributed by atoms with van der Waals surface area (Å²) in [5, 5.41) is 5.58. The minimum atomic E-state index is -0.619. The molecule has 2 N–H and O–H groups in total. The topological polar surface area (TPSA) is 126 Å². The maximum atomic E-state index is 13.9. The van der Waals surface area contributed by atoms with Crippen molar-refractivity contribution in [2.75, 3.05) is 20.8 Å². The molecule has 0 aromatic heterocycles. The van der Waals surface area contributed by atoms with Gasteiger partial charge in [0, 0.05) is 36.7 Å². The number of allylic oxidation sites excluding steroid dienone is 4. The summed E-state index contributed by atoms with van der Waals surface area (Å²) in [4.78, 5) is 58.8. The minimum Gasteiger partial charge on any atom is -0.453 e. The first kappa shape index (κ1) is 41.2. The molecule has 2 aromatic carbocycles. The fraction of sp³-hybridized carbons (Fsp3) is 0.521. The Balaban J connectivity index is 0.998. The van der Waals surface area contributed by atoms with Gasteiger partial charge in [-0.1, -0.05) is 89.1 Å². The number of carbonyl (C=O) groups is 4. The molecule has 2 saturated carbocycles. The van der Waals surface area contributed by atoms with Gasteiger partial charge in [-0.2, -0.15) is 0 Å². The third kappa shape index (κ3) is 8.43. The molecule has 0 radical (unpaired) electrons. The first-order valence-corrected chi connectivity index (χ1v) is 21.4. The Morgan fingerprint density at radius 1 is 0.672 bits per heavy atom. The molecule has 10 heteroatoms. The second kappa shape index (κ2) is 17.9. The van der Waals surface area contributed by atoms with Crippen LogP contribution in [0.4, 0.5) is 9.59 Å². The van der Waals surface area contributed by atoms with Gasteiger partial charge in [0.05, 0.1) is 26.3 Å². The van der Waals surface area contributed by atoms with E-state index in [0.717, 1.165) is 98.6 Å². The number of alkyl carbamates (subject to hydrolysis) is 2. The highest BCUT2D eigenvalue weighted by atomic mass is 16.5. The number of Topliss-reactive ketones (excluding diaryl/α,β-unsaturated/α-hetero) is 1. The largest absolute Gasteiger partial charge is 0.453 e. The third-order valence-corrected chi connectivity index (χ3v) is 13.2. The van der Waals surface area contributed by atoms with Gasteiger partial charge in [-0.15, -0.1) is 0 Å². The minimum absolute atomic E-state index is 0.0208. The number of benzene rings is 2.